The van der Waals surface area contributed by atoms with E-state index in [-0.39, 0.29) is 5.69 Å². The van der Waals surface area contributed by atoms with E-state index in [1.54, 1.807) is 0 Å². The maximum atomic E-state index is 10.4. The lowest BCUT2D eigenvalue weighted by atomic mass is 10.1. The Morgan fingerprint density at radius 3 is 1.77 bits per heavy atom. The van der Waals surface area contributed by atoms with E-state index in [4.69, 9.17) is 0 Å². The number of hydrogen-bond acceptors (Lipinski definition) is 6. The molecule has 0 N–H and O–H groups in total. The van der Waals surface area contributed by atoms with Crippen molar-refractivity contribution in [2.45, 2.75) is 4.90 Å². The van der Waals surface area contributed by atoms with Gasteiger partial charge in [-0.3, -0.25) is 10.1 Å². The van der Waals surface area contributed by atoms with E-state index in [1.807, 2.05) is 11.6 Å². The SMILES string of the molecule is CN(C)c1ccc(C=Cc2cc[n+](C)cc2)cc1.O=[N+]([O-])c1ccc(S(=O)(=O)[O-])cc1. The van der Waals surface area contributed by atoms with E-state index in [2.05, 4.69) is 79.9 Å². The van der Waals surface area contributed by atoms with Gasteiger partial charge in [0, 0.05) is 44.0 Å². The standard InChI is InChI=1S/C16H19N2.C6H5NO5S/c1-17(2)16-8-6-14(7-9-16)4-5-15-10-12-18(3)13-11-15;8-7(9)5-1-3-6(4-2-5)13(10,11)12/h4-13H,1-3H3;1-4H,(H,10,11,12)/q+1;/p-1. The first kappa shape index (κ1) is 23.7. The Morgan fingerprint density at radius 1 is 0.871 bits per heavy atom. The molecule has 0 saturated carbocycles. The fourth-order valence-electron chi connectivity index (χ4n) is 2.43. The van der Waals surface area contributed by atoms with Gasteiger partial charge in [0.2, 0.25) is 0 Å². The maximum absolute atomic E-state index is 10.4. The first-order chi connectivity index (χ1) is 14.6. The molecule has 9 heteroatoms. The summed E-state index contributed by atoms with van der Waals surface area (Å²) in [5.41, 5.74) is 3.39. The summed E-state index contributed by atoms with van der Waals surface area (Å²) < 4.78 is 33.2. The molecule has 0 saturated heterocycles. The summed E-state index contributed by atoms with van der Waals surface area (Å²) >= 11 is 0. The van der Waals surface area contributed by atoms with Crippen LogP contribution in [0.1, 0.15) is 11.1 Å². The molecule has 0 aliphatic heterocycles. The van der Waals surface area contributed by atoms with E-state index >= 15 is 0 Å². The number of rotatable bonds is 5. The zero-order valence-electron chi connectivity index (χ0n) is 17.4. The Balaban J connectivity index is 0.000000233. The molecule has 2 aromatic carbocycles. The van der Waals surface area contributed by atoms with Gasteiger partial charge in [-0.05, 0) is 35.4 Å². The van der Waals surface area contributed by atoms with Crippen LogP contribution in [-0.4, -0.2) is 32.0 Å². The van der Waals surface area contributed by atoms with Crippen LogP contribution in [0.2, 0.25) is 0 Å². The molecule has 0 unspecified atom stereocenters. The zero-order chi connectivity index (χ0) is 23.0. The molecule has 0 radical (unpaired) electrons. The van der Waals surface area contributed by atoms with Gasteiger partial charge in [0.15, 0.2) is 12.4 Å². The number of pyridine rings is 1. The van der Waals surface area contributed by atoms with Gasteiger partial charge in [0.05, 0.1) is 9.82 Å². The van der Waals surface area contributed by atoms with Crippen molar-refractivity contribution in [1.82, 2.24) is 0 Å². The Kier molecular flexibility index (Phi) is 8.00. The lowest BCUT2D eigenvalue weighted by Gasteiger charge is -2.11. The first-order valence-electron chi connectivity index (χ1n) is 9.17. The van der Waals surface area contributed by atoms with Crippen LogP contribution in [0, 0.1) is 10.1 Å². The molecule has 1 heterocycles. The van der Waals surface area contributed by atoms with E-state index in [1.165, 1.54) is 16.8 Å². The molecule has 8 nitrogen and oxygen atoms in total. The van der Waals surface area contributed by atoms with Crippen molar-refractivity contribution >= 4 is 33.6 Å². The summed E-state index contributed by atoms with van der Waals surface area (Å²) in [6, 6.07) is 16.5. The van der Waals surface area contributed by atoms with Gasteiger partial charge >= 0.3 is 0 Å². The van der Waals surface area contributed by atoms with Crippen molar-refractivity contribution < 1.29 is 22.5 Å². The number of aromatic nitrogens is 1. The third-order valence-electron chi connectivity index (χ3n) is 4.22. The molecule has 0 aliphatic carbocycles. The first-order valence-corrected chi connectivity index (χ1v) is 10.6. The third kappa shape index (κ3) is 7.65. The number of nitro benzene ring substituents is 1. The minimum absolute atomic E-state index is 0.257. The van der Waals surface area contributed by atoms with Crippen molar-refractivity contribution in [3.63, 3.8) is 0 Å². The fourth-order valence-corrected chi connectivity index (χ4v) is 2.90. The Labute approximate surface area is 181 Å². The van der Waals surface area contributed by atoms with Crippen molar-refractivity contribution in [1.29, 1.82) is 0 Å². The van der Waals surface area contributed by atoms with Gasteiger partial charge in [0.1, 0.15) is 17.2 Å². The zero-order valence-corrected chi connectivity index (χ0v) is 18.2. The molecule has 162 valence electrons. The maximum Gasteiger partial charge on any atom is 0.269 e. The lowest BCUT2D eigenvalue weighted by molar-refractivity contribution is -0.671. The minimum atomic E-state index is -4.52. The Hall–Kier alpha value is -3.56. The van der Waals surface area contributed by atoms with Crippen LogP contribution in [0.25, 0.3) is 12.2 Å². The summed E-state index contributed by atoms with van der Waals surface area (Å²) in [5.74, 6) is 0. The van der Waals surface area contributed by atoms with E-state index in [0.29, 0.717) is 0 Å². The number of nitro groups is 1. The molecular weight excluding hydrogens is 418 g/mol. The molecule has 3 rings (SSSR count). The van der Waals surface area contributed by atoms with Crippen LogP contribution in [0.4, 0.5) is 11.4 Å². The number of nitrogens with zero attached hydrogens (tertiary/aromatic N) is 3. The highest BCUT2D eigenvalue weighted by molar-refractivity contribution is 7.85. The van der Waals surface area contributed by atoms with E-state index in [9.17, 15) is 23.1 Å². The van der Waals surface area contributed by atoms with Gasteiger partial charge < -0.3 is 9.45 Å². The van der Waals surface area contributed by atoms with Gasteiger partial charge in [-0.15, -0.1) is 0 Å². The molecule has 0 bridgehead atoms. The molecule has 3 aromatic rings. The van der Waals surface area contributed by atoms with Crippen LogP contribution >= 0.6 is 0 Å². The highest BCUT2D eigenvalue weighted by Crippen LogP contribution is 2.15. The Morgan fingerprint density at radius 2 is 1.35 bits per heavy atom. The van der Waals surface area contributed by atoms with Crippen molar-refractivity contribution in [2.24, 2.45) is 7.05 Å². The second-order valence-corrected chi connectivity index (χ2v) is 8.20. The summed E-state index contributed by atoms with van der Waals surface area (Å²) in [6.45, 7) is 0. The number of non-ortho nitro benzene ring substituents is 1. The largest absolute Gasteiger partial charge is 0.744 e. The van der Waals surface area contributed by atoms with E-state index in [0.717, 1.165) is 24.3 Å². The molecule has 1 aromatic heterocycles. The van der Waals surface area contributed by atoms with Gasteiger partial charge in [0.25, 0.3) is 5.69 Å². The number of benzene rings is 2. The lowest BCUT2D eigenvalue weighted by Crippen LogP contribution is -2.25. The fraction of sp³-hybridized carbons (Fsp3) is 0.136. The molecule has 0 spiro atoms. The second kappa shape index (κ2) is 10.5. The second-order valence-electron chi connectivity index (χ2n) is 6.82. The van der Waals surface area contributed by atoms with Crippen molar-refractivity contribution in [3.8, 4) is 0 Å². The van der Waals surface area contributed by atoms with Gasteiger partial charge in [-0.2, -0.15) is 0 Å². The van der Waals surface area contributed by atoms with Gasteiger partial charge in [-0.1, -0.05) is 24.3 Å². The van der Waals surface area contributed by atoms with Crippen LogP contribution in [0.3, 0.4) is 0 Å². The molecule has 31 heavy (non-hydrogen) atoms. The van der Waals surface area contributed by atoms with Crippen LogP contribution < -0.4 is 9.47 Å². The summed E-state index contributed by atoms with van der Waals surface area (Å²) in [5, 5.41) is 10.1. The average molecular weight is 442 g/mol. The van der Waals surface area contributed by atoms with Crippen LogP contribution in [0.5, 0.6) is 0 Å². The normalized spacial score (nSPS) is 11.0. The minimum Gasteiger partial charge on any atom is -0.744 e. The number of anilines is 1. The molecule has 0 fully saturated rings. The summed E-state index contributed by atoms with van der Waals surface area (Å²) in [4.78, 5) is 11.1. The number of hydrogen-bond donors (Lipinski definition) is 0. The van der Waals surface area contributed by atoms with Gasteiger partial charge in [-0.25, -0.2) is 13.0 Å². The smallest absolute Gasteiger partial charge is 0.269 e. The van der Waals surface area contributed by atoms with Crippen molar-refractivity contribution in [2.75, 3.05) is 19.0 Å². The highest BCUT2D eigenvalue weighted by Gasteiger charge is 2.06. The number of aryl methyl sites for hydroxylation is 1. The highest BCUT2D eigenvalue weighted by atomic mass is 32.2. The third-order valence-corrected chi connectivity index (χ3v) is 5.07. The van der Waals surface area contributed by atoms with Crippen LogP contribution in [0.15, 0.2) is 78.0 Å². The van der Waals surface area contributed by atoms with Crippen molar-refractivity contribution in [3.05, 3.63) is 94.3 Å². The predicted molar refractivity (Wildman–Crippen MR) is 118 cm³/mol. The Bertz CT molecular complexity index is 1140. The monoisotopic (exact) mass is 441 g/mol. The molecule has 0 atom stereocenters. The molecule has 0 aliphatic rings. The quantitative estimate of drug-likeness (QED) is 0.260. The predicted octanol–water partition coefficient (Wildman–Crippen LogP) is 3.25. The molecular formula is C22H23N3O5S. The molecule has 0 amide bonds. The summed E-state index contributed by atoms with van der Waals surface area (Å²) in [6.07, 6.45) is 8.36. The van der Waals surface area contributed by atoms with E-state index < -0.39 is 19.9 Å². The average Bonchev–Trinajstić information content (AvgIpc) is 2.73. The van der Waals surface area contributed by atoms with Crippen LogP contribution in [-0.2, 0) is 17.2 Å². The summed E-state index contributed by atoms with van der Waals surface area (Å²) in [7, 11) is 1.60. The topological polar surface area (TPSA) is 107 Å².